The fourth-order valence-electron chi connectivity index (χ4n) is 2.81. The van der Waals surface area contributed by atoms with E-state index in [0.29, 0.717) is 30.2 Å². The zero-order valence-electron chi connectivity index (χ0n) is 17.2. The summed E-state index contributed by atoms with van der Waals surface area (Å²) >= 11 is 1.40. The largest absolute Gasteiger partial charge is 0.304 e. The number of aromatic nitrogens is 2. The van der Waals surface area contributed by atoms with Crippen LogP contribution in [0.2, 0.25) is 0 Å². The Morgan fingerprint density at radius 2 is 2.29 bits per heavy atom. The molecule has 24 heavy (non-hydrogen) atoms. The molecule has 0 saturated heterocycles. The predicted octanol–water partition coefficient (Wildman–Crippen LogP) is 3.67. The monoisotopic (exact) mass is 347 g/mol. The van der Waals surface area contributed by atoms with Crippen molar-refractivity contribution in [3.63, 3.8) is 0 Å². The van der Waals surface area contributed by atoms with Gasteiger partial charge in [0.25, 0.3) is 0 Å². The normalized spacial score (nSPS) is 18.4. The fraction of sp³-hybridized carbons (Fsp3) is 0.500. The van der Waals surface area contributed by atoms with E-state index in [1.165, 1.54) is 18.3 Å². The molecule has 0 unspecified atom stereocenters. The highest BCUT2D eigenvalue weighted by atomic mass is 32.1. The van der Waals surface area contributed by atoms with Gasteiger partial charge in [-0.15, -0.1) is 0 Å². The van der Waals surface area contributed by atoms with E-state index in [9.17, 15) is 4.79 Å². The Hall–Kier alpha value is -1.79. The molecule has 1 saturated carbocycles. The van der Waals surface area contributed by atoms with Crippen molar-refractivity contribution in [3.8, 4) is 10.4 Å². The molecule has 5 nitrogen and oxygen atoms in total. The summed E-state index contributed by atoms with van der Waals surface area (Å²) in [6, 6.07) is 3.76. The molecule has 2 aromatic heterocycles. The Morgan fingerprint density at radius 1 is 1.50 bits per heavy atom. The minimum Gasteiger partial charge on any atom is -0.304 e. The third-order valence-corrected chi connectivity index (χ3v) is 5.23. The molecule has 0 aromatic carbocycles. The molecule has 0 radical (unpaired) electrons. The fourth-order valence-corrected chi connectivity index (χ4v) is 3.82. The molecule has 0 atom stereocenters. The van der Waals surface area contributed by atoms with Crippen LogP contribution in [0.25, 0.3) is 10.4 Å². The second-order valence-corrected chi connectivity index (χ2v) is 7.58. The molecule has 2 heterocycles. The van der Waals surface area contributed by atoms with Crippen LogP contribution in [0.1, 0.15) is 48.5 Å². The van der Waals surface area contributed by atoms with Gasteiger partial charge in [0.15, 0.2) is 5.13 Å². The van der Waals surface area contributed by atoms with Gasteiger partial charge in [-0.1, -0.05) is 24.6 Å². The van der Waals surface area contributed by atoms with E-state index in [-0.39, 0.29) is 5.91 Å². The van der Waals surface area contributed by atoms with Crippen LogP contribution in [0.15, 0.2) is 18.3 Å². The number of carbonyl (C=O) groups is 1. The highest BCUT2D eigenvalue weighted by Gasteiger charge is 2.35. The van der Waals surface area contributed by atoms with Crippen molar-refractivity contribution in [3.05, 3.63) is 29.7 Å². The number of nitrogens with zero attached hydrogens (tertiary/aromatic N) is 3. The lowest BCUT2D eigenvalue weighted by Gasteiger charge is -2.37. The summed E-state index contributed by atoms with van der Waals surface area (Å²) in [4.78, 5) is 23.3. The van der Waals surface area contributed by atoms with Crippen LogP contribution in [-0.4, -0.2) is 34.9 Å². The van der Waals surface area contributed by atoms with Crippen LogP contribution in [0.4, 0.5) is 5.13 Å². The Labute approximate surface area is 151 Å². The quantitative estimate of drug-likeness (QED) is 0.896. The van der Waals surface area contributed by atoms with Crippen molar-refractivity contribution >= 4 is 22.4 Å². The molecular weight excluding hydrogens is 320 g/mol. The van der Waals surface area contributed by atoms with Crippen molar-refractivity contribution in [2.24, 2.45) is 0 Å². The van der Waals surface area contributed by atoms with E-state index in [4.69, 9.17) is 4.11 Å². The van der Waals surface area contributed by atoms with Gasteiger partial charge in [0.2, 0.25) is 5.91 Å². The molecule has 3 rings (SSSR count). The van der Waals surface area contributed by atoms with Gasteiger partial charge in [-0.05, 0) is 44.6 Å². The first-order chi connectivity index (χ1) is 12.6. The Kier molecular flexibility index (Phi) is 3.72. The summed E-state index contributed by atoms with van der Waals surface area (Å²) < 4.78 is 24.0. The van der Waals surface area contributed by atoms with Gasteiger partial charge < -0.3 is 10.2 Å². The zero-order valence-corrected chi connectivity index (χ0v) is 15.0. The second-order valence-electron chi connectivity index (χ2n) is 6.58. The number of pyridine rings is 1. The van der Waals surface area contributed by atoms with Gasteiger partial charge in [-0.2, -0.15) is 0 Å². The maximum absolute atomic E-state index is 11.4. The smallest absolute Gasteiger partial charge is 0.223 e. The van der Waals surface area contributed by atoms with E-state index < -0.39 is 12.3 Å². The number of hydrogen-bond acceptors (Lipinski definition) is 5. The molecule has 1 aliphatic rings. The molecule has 1 fully saturated rings. The van der Waals surface area contributed by atoms with Crippen LogP contribution < -0.4 is 5.32 Å². The summed E-state index contributed by atoms with van der Waals surface area (Å²) in [5, 5.41) is 3.29. The Balaban J connectivity index is 2.04. The van der Waals surface area contributed by atoms with E-state index in [1.54, 1.807) is 6.20 Å². The molecule has 0 aliphatic heterocycles. The molecule has 128 valence electrons. The highest BCUT2D eigenvalue weighted by molar-refractivity contribution is 7.19. The summed E-state index contributed by atoms with van der Waals surface area (Å²) in [6.07, 6.45) is 3.84. The van der Waals surface area contributed by atoms with E-state index in [0.717, 1.165) is 22.6 Å². The minimum absolute atomic E-state index is 0.169. The molecule has 1 amide bonds. The van der Waals surface area contributed by atoms with Crippen LogP contribution >= 0.6 is 11.3 Å². The SMILES string of the molecule is [2H]C([2H])([2H])C1(c2cc(-c3sc(NC(C)=O)nc3CN(C)C)ccn2)CCC1. The third kappa shape index (κ3) is 3.49. The number of amides is 1. The standard InChI is InChI=1S/C18H24N4OS/c1-12(23)20-17-21-14(11-22(3)4)16(24-17)13-6-9-19-15(10-13)18(2)7-5-8-18/h6,9-10H,5,7-8,11H2,1-4H3,(H,20,21,23)/i2D3. The summed E-state index contributed by atoms with van der Waals surface area (Å²) in [7, 11) is 3.91. The molecule has 2 aromatic rings. The van der Waals surface area contributed by atoms with Gasteiger partial charge in [-0.25, -0.2) is 4.98 Å². The molecular formula is C18H24N4OS. The number of hydrogen-bond donors (Lipinski definition) is 1. The first-order valence-electron chi connectivity index (χ1n) is 9.51. The lowest BCUT2D eigenvalue weighted by atomic mass is 9.68. The van der Waals surface area contributed by atoms with Crippen LogP contribution in [0.3, 0.4) is 0 Å². The number of carbonyl (C=O) groups excluding carboxylic acids is 1. The zero-order chi connectivity index (χ0) is 19.8. The summed E-state index contributed by atoms with van der Waals surface area (Å²) in [5.74, 6) is -0.169. The first-order valence-corrected chi connectivity index (χ1v) is 8.83. The number of rotatable bonds is 5. The van der Waals surface area contributed by atoms with Crippen LogP contribution in [-0.2, 0) is 16.8 Å². The van der Waals surface area contributed by atoms with E-state index in [1.807, 2.05) is 31.1 Å². The number of nitrogens with one attached hydrogen (secondary N) is 1. The van der Waals surface area contributed by atoms with Gasteiger partial charge >= 0.3 is 0 Å². The average Bonchev–Trinajstić information content (AvgIpc) is 2.85. The average molecular weight is 348 g/mol. The molecule has 0 bridgehead atoms. The minimum atomic E-state index is -2.07. The lowest BCUT2D eigenvalue weighted by Crippen LogP contribution is -2.31. The van der Waals surface area contributed by atoms with Crippen molar-refractivity contribution in [2.45, 2.75) is 45.0 Å². The Morgan fingerprint density at radius 3 is 2.88 bits per heavy atom. The topological polar surface area (TPSA) is 58.1 Å². The third-order valence-electron chi connectivity index (χ3n) is 4.17. The molecule has 6 heteroatoms. The van der Waals surface area contributed by atoms with Crippen LogP contribution in [0, 0.1) is 0 Å². The highest BCUT2D eigenvalue weighted by Crippen LogP contribution is 2.43. The van der Waals surface area contributed by atoms with Crippen LogP contribution in [0.5, 0.6) is 0 Å². The molecule has 1 aliphatic carbocycles. The van der Waals surface area contributed by atoms with Crippen molar-refractivity contribution in [1.82, 2.24) is 14.9 Å². The lowest BCUT2D eigenvalue weighted by molar-refractivity contribution is -0.114. The first kappa shape index (κ1) is 13.5. The Bertz CT molecular complexity index is 843. The maximum atomic E-state index is 11.4. The maximum Gasteiger partial charge on any atom is 0.223 e. The second kappa shape index (κ2) is 6.61. The van der Waals surface area contributed by atoms with Crippen molar-refractivity contribution < 1.29 is 8.91 Å². The van der Waals surface area contributed by atoms with E-state index >= 15 is 0 Å². The van der Waals surface area contributed by atoms with Gasteiger partial charge in [0.05, 0.1) is 10.6 Å². The van der Waals surface area contributed by atoms with Gasteiger partial charge in [-0.3, -0.25) is 9.78 Å². The molecule has 1 N–H and O–H groups in total. The van der Waals surface area contributed by atoms with Gasteiger partial charge in [0.1, 0.15) is 0 Å². The van der Waals surface area contributed by atoms with Gasteiger partial charge in [0, 0.05) is 34.9 Å². The molecule has 0 spiro atoms. The predicted molar refractivity (Wildman–Crippen MR) is 98.2 cm³/mol. The summed E-state index contributed by atoms with van der Waals surface area (Å²) in [6.45, 7) is -0.000209. The van der Waals surface area contributed by atoms with Crippen molar-refractivity contribution in [1.29, 1.82) is 0 Å². The summed E-state index contributed by atoms with van der Waals surface area (Å²) in [5.41, 5.74) is 1.51. The van der Waals surface area contributed by atoms with E-state index in [2.05, 4.69) is 15.3 Å². The number of anilines is 1. The number of thiazole rings is 1. The van der Waals surface area contributed by atoms with Crippen molar-refractivity contribution in [2.75, 3.05) is 19.4 Å².